The molecule has 0 aromatic heterocycles. The second-order valence-corrected chi connectivity index (χ2v) is 15.7. The first-order chi connectivity index (χ1) is 19.3. The lowest BCUT2D eigenvalue weighted by molar-refractivity contribution is -0.0884. The van der Waals surface area contributed by atoms with Crippen LogP contribution in [0.5, 0.6) is 0 Å². The predicted octanol–water partition coefficient (Wildman–Crippen LogP) is 5.32. The average molecular weight is 549 g/mol. The van der Waals surface area contributed by atoms with Crippen molar-refractivity contribution in [3.63, 3.8) is 0 Å². The molecule has 5 saturated carbocycles. The molecule has 220 valence electrons. The summed E-state index contributed by atoms with van der Waals surface area (Å²) in [6.45, 7) is 14.5. The molecular weight excluding hydrogens is 496 g/mol. The number of likely N-dealkylation sites (N-methyl/N-ethyl adjacent to an activating group) is 2. The van der Waals surface area contributed by atoms with Gasteiger partial charge in [-0.15, -0.1) is 0 Å². The maximum atomic E-state index is 7.62. The Hall–Kier alpha value is -0.980. The fourth-order valence-corrected chi connectivity index (χ4v) is 12.4. The van der Waals surface area contributed by atoms with E-state index in [-0.39, 0.29) is 11.2 Å². The number of hydrogen-bond acceptors (Lipinski definition) is 5. The van der Waals surface area contributed by atoms with Gasteiger partial charge in [-0.3, -0.25) is 0 Å². The maximum Gasteiger partial charge on any atom is 0.0771 e. The summed E-state index contributed by atoms with van der Waals surface area (Å²) >= 11 is 0. The van der Waals surface area contributed by atoms with Crippen LogP contribution < -0.4 is 0 Å². The van der Waals surface area contributed by atoms with Gasteiger partial charge in [0.1, 0.15) is 0 Å². The highest BCUT2D eigenvalue weighted by Gasteiger charge is 2.96. The molecule has 1 aromatic carbocycles. The zero-order chi connectivity index (χ0) is 27.6. The van der Waals surface area contributed by atoms with Crippen LogP contribution in [0.25, 0.3) is 0 Å². The summed E-state index contributed by atoms with van der Waals surface area (Å²) in [5.74, 6) is 8.48. The van der Waals surface area contributed by atoms with Gasteiger partial charge >= 0.3 is 0 Å². The number of benzene rings is 1. The van der Waals surface area contributed by atoms with Crippen molar-refractivity contribution < 1.29 is 14.2 Å². The van der Waals surface area contributed by atoms with Crippen LogP contribution in [0.2, 0.25) is 0 Å². The van der Waals surface area contributed by atoms with Gasteiger partial charge in [0.05, 0.1) is 37.6 Å². The Morgan fingerprint density at radius 2 is 1.15 bits per heavy atom. The average Bonchev–Trinajstić information content (AvgIpc) is 3.59. The molecule has 7 fully saturated rings. The lowest BCUT2D eigenvalue weighted by Crippen LogP contribution is -2.53. The van der Waals surface area contributed by atoms with Gasteiger partial charge in [0, 0.05) is 25.2 Å². The molecule has 9 rings (SSSR count). The first-order valence-electron chi connectivity index (χ1n) is 16.6. The van der Waals surface area contributed by atoms with Gasteiger partial charge in [0.2, 0.25) is 0 Å². The van der Waals surface area contributed by atoms with Crippen LogP contribution in [0.15, 0.2) is 24.3 Å². The lowest BCUT2D eigenvalue weighted by atomic mass is 9.54. The molecule has 2 spiro atoms. The zero-order valence-electron chi connectivity index (χ0n) is 25.7. The van der Waals surface area contributed by atoms with Gasteiger partial charge in [-0.1, -0.05) is 52.0 Å². The maximum absolute atomic E-state index is 7.62. The second-order valence-electron chi connectivity index (χ2n) is 15.7. The molecule has 2 saturated heterocycles. The van der Waals surface area contributed by atoms with E-state index in [9.17, 15) is 0 Å². The monoisotopic (exact) mass is 548 g/mol. The van der Waals surface area contributed by atoms with Crippen LogP contribution in [0, 0.1) is 59.2 Å². The molecule has 3 heterocycles. The van der Waals surface area contributed by atoms with Crippen LogP contribution in [0.3, 0.4) is 0 Å². The van der Waals surface area contributed by atoms with Gasteiger partial charge in [0.15, 0.2) is 0 Å². The van der Waals surface area contributed by atoms with E-state index in [0.29, 0.717) is 37.1 Å². The largest absolute Gasteiger partial charge is 0.375 e. The summed E-state index contributed by atoms with van der Waals surface area (Å²) in [4.78, 5) is 5.23. The number of hydrogen-bond donors (Lipinski definition) is 0. The quantitative estimate of drug-likeness (QED) is 0.500. The SMILES string of the molecule is CC(C)C1COCc2ccccc2COC[C@H](C(C)C)N(C)CCC23OC4(CCN1C)C1C5CC(C6C5C4C62)C13. The highest BCUT2D eigenvalue weighted by atomic mass is 16.5. The number of nitrogens with zero attached hydrogens (tertiary/aromatic N) is 2. The van der Waals surface area contributed by atoms with Crippen LogP contribution >= 0.6 is 0 Å². The smallest absolute Gasteiger partial charge is 0.0771 e. The molecule has 4 bridgehead atoms. The second kappa shape index (κ2) is 9.26. The number of fused-ring (bicyclic) bond motifs is 1. The molecule has 1 aromatic rings. The van der Waals surface area contributed by atoms with Gasteiger partial charge in [-0.05, 0) is 104 Å². The fourth-order valence-electron chi connectivity index (χ4n) is 12.4. The van der Waals surface area contributed by atoms with Crippen molar-refractivity contribution in [2.24, 2.45) is 59.2 Å². The van der Waals surface area contributed by atoms with Crippen molar-refractivity contribution in [3.05, 3.63) is 35.4 Å². The van der Waals surface area contributed by atoms with Crippen molar-refractivity contribution in [2.75, 3.05) is 40.4 Å². The summed E-state index contributed by atoms with van der Waals surface area (Å²) in [6, 6.07) is 9.52. The molecule has 12 atom stereocenters. The molecule has 0 N–H and O–H groups in total. The minimum atomic E-state index is 0.171. The lowest BCUT2D eigenvalue weighted by Gasteiger charge is -2.48. The zero-order valence-corrected chi connectivity index (χ0v) is 25.7. The van der Waals surface area contributed by atoms with Crippen molar-refractivity contribution in [2.45, 2.75) is 83.5 Å². The third-order valence-corrected chi connectivity index (χ3v) is 13.7. The fraction of sp³-hybridized carbons (Fsp3) is 0.829. The summed E-state index contributed by atoms with van der Waals surface area (Å²) in [7, 11) is 4.69. The Labute approximate surface area is 242 Å². The molecule has 5 nitrogen and oxygen atoms in total. The standard InChI is InChI=1S/C35H52N2O3/c1-20(2)26-18-38-16-22-9-7-8-10-23(22)17-39-19-27(21(3)4)37(6)14-12-35-31-25-15-24-28-29(25)33(35)32(28)34(40-35,30(24)31)11-13-36(26)5/h7-10,20-21,24-33H,11-19H2,1-6H3/t24?,25?,26-,27?,28?,29?,30?,31?,32?,33?,34?,35?/m1/s1. The van der Waals surface area contributed by atoms with E-state index in [2.05, 4.69) is 75.9 Å². The highest BCUT2D eigenvalue weighted by molar-refractivity contribution is 5.43. The van der Waals surface area contributed by atoms with Crippen LogP contribution in [0.4, 0.5) is 0 Å². The molecule has 3 aliphatic heterocycles. The molecule has 40 heavy (non-hydrogen) atoms. The topological polar surface area (TPSA) is 34.2 Å². The van der Waals surface area contributed by atoms with E-state index < -0.39 is 0 Å². The van der Waals surface area contributed by atoms with Gasteiger partial charge in [0.25, 0.3) is 0 Å². The van der Waals surface area contributed by atoms with E-state index >= 15 is 0 Å². The summed E-state index contributed by atoms with van der Waals surface area (Å²) in [5, 5.41) is 0. The molecule has 11 unspecified atom stereocenters. The van der Waals surface area contributed by atoms with E-state index in [1.165, 1.54) is 30.4 Å². The highest BCUT2D eigenvalue weighted by Crippen LogP contribution is 2.93. The predicted molar refractivity (Wildman–Crippen MR) is 157 cm³/mol. The first kappa shape index (κ1) is 26.6. The van der Waals surface area contributed by atoms with Crippen molar-refractivity contribution >= 4 is 0 Å². The Morgan fingerprint density at radius 1 is 0.700 bits per heavy atom. The molecule has 5 heteroatoms. The minimum absolute atomic E-state index is 0.171. The number of rotatable bonds is 2. The number of ether oxygens (including phenoxy) is 3. The van der Waals surface area contributed by atoms with Gasteiger partial charge in [-0.25, -0.2) is 0 Å². The summed E-state index contributed by atoms with van der Waals surface area (Å²) < 4.78 is 20.5. The van der Waals surface area contributed by atoms with Crippen LogP contribution in [-0.4, -0.2) is 73.5 Å². The van der Waals surface area contributed by atoms with Crippen molar-refractivity contribution in [1.29, 1.82) is 0 Å². The molecule has 5 aliphatic carbocycles. The minimum Gasteiger partial charge on any atom is -0.375 e. The summed E-state index contributed by atoms with van der Waals surface area (Å²) in [6.07, 6.45) is 3.98. The normalized spacial score (nSPS) is 50.0. The van der Waals surface area contributed by atoms with Gasteiger partial charge in [-0.2, -0.15) is 0 Å². The third kappa shape index (κ3) is 3.33. The van der Waals surface area contributed by atoms with Crippen LogP contribution in [0.1, 0.15) is 58.1 Å². The van der Waals surface area contributed by atoms with E-state index in [1.54, 1.807) is 0 Å². The molecular formula is C35H52N2O3. The van der Waals surface area contributed by atoms with E-state index in [1.807, 2.05) is 0 Å². The molecule has 0 amide bonds. The molecule has 8 aliphatic rings. The van der Waals surface area contributed by atoms with Crippen molar-refractivity contribution in [3.8, 4) is 0 Å². The summed E-state index contributed by atoms with van der Waals surface area (Å²) in [5.41, 5.74) is 2.86. The van der Waals surface area contributed by atoms with Crippen molar-refractivity contribution in [1.82, 2.24) is 9.80 Å². The van der Waals surface area contributed by atoms with Gasteiger partial charge < -0.3 is 24.0 Å². The molecule has 0 radical (unpaired) electrons. The first-order valence-corrected chi connectivity index (χ1v) is 16.6. The van der Waals surface area contributed by atoms with E-state index in [4.69, 9.17) is 14.2 Å². The van der Waals surface area contributed by atoms with E-state index in [0.717, 1.165) is 73.6 Å². The Bertz CT molecular complexity index is 1050. The van der Waals surface area contributed by atoms with Crippen LogP contribution in [-0.2, 0) is 27.4 Å². The Kier molecular flexibility index (Phi) is 6.16. The third-order valence-electron chi connectivity index (χ3n) is 13.7. The Balaban J connectivity index is 1.09. The Morgan fingerprint density at radius 3 is 1.57 bits per heavy atom.